The van der Waals surface area contributed by atoms with Crippen molar-refractivity contribution in [2.24, 2.45) is 0 Å². The molecule has 0 saturated heterocycles. The molecule has 0 aliphatic rings. The summed E-state index contributed by atoms with van der Waals surface area (Å²) in [6.07, 6.45) is 0. The molecule has 1 radical (unpaired) electrons. The number of hydrogen-bond acceptors (Lipinski definition) is 1. The van der Waals surface area contributed by atoms with E-state index in [2.05, 4.69) is 93.0 Å². The van der Waals surface area contributed by atoms with E-state index in [0.717, 1.165) is 8.28 Å². The van der Waals surface area contributed by atoms with Crippen molar-refractivity contribution >= 4 is 27.1 Å². The summed E-state index contributed by atoms with van der Waals surface area (Å²) in [5.74, 6) is 0. The van der Waals surface area contributed by atoms with Crippen molar-refractivity contribution in [2.45, 2.75) is 39.8 Å². The quantitative estimate of drug-likeness (QED) is 0.583. The van der Waals surface area contributed by atoms with E-state index >= 15 is 0 Å². The highest BCUT2D eigenvalue weighted by Crippen LogP contribution is 2.27. The third-order valence-corrected chi connectivity index (χ3v) is 9.99. The van der Waals surface area contributed by atoms with Crippen LogP contribution in [0.15, 0.2) is 60.7 Å². The summed E-state index contributed by atoms with van der Waals surface area (Å²) in [5, 5.41) is 3.02. The van der Waals surface area contributed by atoms with E-state index in [1.54, 1.807) is 0 Å². The van der Waals surface area contributed by atoms with E-state index in [1.807, 2.05) is 0 Å². The van der Waals surface area contributed by atoms with Gasteiger partial charge in [-0.05, 0) is 38.1 Å². The highest BCUT2D eigenvalue weighted by Gasteiger charge is 2.23. The summed E-state index contributed by atoms with van der Waals surface area (Å²) < 4.78 is 2.65. The van der Waals surface area contributed by atoms with Gasteiger partial charge in [0.05, 0.1) is 0 Å². The lowest BCUT2D eigenvalue weighted by molar-refractivity contribution is 0.332. The summed E-state index contributed by atoms with van der Waals surface area (Å²) in [7, 11) is 0.131. The van der Waals surface area contributed by atoms with E-state index in [4.69, 9.17) is 0 Å². The van der Waals surface area contributed by atoms with Gasteiger partial charge >= 0.3 is 0 Å². The van der Waals surface area contributed by atoms with Crippen molar-refractivity contribution < 1.29 is 0 Å². The van der Waals surface area contributed by atoms with Gasteiger partial charge < -0.3 is 0 Å². The van der Waals surface area contributed by atoms with Crippen LogP contribution < -0.4 is 10.4 Å². The summed E-state index contributed by atoms with van der Waals surface area (Å²) in [5.41, 5.74) is 0. The maximum Gasteiger partial charge on any atom is 0.163 e. The molecule has 0 aromatic heterocycles. The molecule has 1 atom stereocenters. The van der Waals surface area contributed by atoms with Crippen molar-refractivity contribution in [1.29, 1.82) is 0 Å². The fourth-order valence-corrected chi connectivity index (χ4v) is 9.01. The zero-order valence-corrected chi connectivity index (χ0v) is 15.4. The molecule has 2 aromatic rings. The maximum absolute atomic E-state index is 2.65. The summed E-state index contributed by atoms with van der Waals surface area (Å²) >= 11 is 0. The van der Waals surface area contributed by atoms with Crippen molar-refractivity contribution in [3.63, 3.8) is 0 Å². The van der Waals surface area contributed by atoms with Crippen molar-refractivity contribution in [3.8, 4) is 0 Å². The molecule has 3 heteroatoms. The Hall–Kier alpha value is -0.953. The lowest BCUT2D eigenvalue weighted by atomic mass is 10.3. The molecule has 0 aliphatic carbocycles. The van der Waals surface area contributed by atoms with Crippen LogP contribution in [0.3, 0.4) is 0 Å². The second-order valence-electron chi connectivity index (χ2n) is 5.81. The van der Waals surface area contributed by atoms with Crippen LogP contribution in [0, 0.1) is 0 Å². The summed E-state index contributed by atoms with van der Waals surface area (Å²) in [6, 6.07) is 23.3. The van der Waals surface area contributed by atoms with Gasteiger partial charge in [0.15, 0.2) is 8.46 Å². The SMILES string of the molecule is CC(C)N(P[Si](c1ccccc1)c1ccccc1)C(C)C. The molecule has 0 bridgehead atoms. The largest absolute Gasteiger partial charge is 0.283 e. The van der Waals surface area contributed by atoms with E-state index in [9.17, 15) is 0 Å². The molecule has 2 aromatic carbocycles. The Bertz CT molecular complexity index is 480. The summed E-state index contributed by atoms with van der Waals surface area (Å²) in [4.78, 5) is 0. The first-order valence-corrected chi connectivity index (χ1v) is 11.1. The number of hydrogen-bond donors (Lipinski definition) is 0. The molecule has 0 N–H and O–H groups in total. The van der Waals surface area contributed by atoms with E-state index in [0.29, 0.717) is 12.1 Å². The minimum atomic E-state index is -0.734. The van der Waals surface area contributed by atoms with Crippen LogP contribution in [0.5, 0.6) is 0 Å². The van der Waals surface area contributed by atoms with Gasteiger partial charge in [0.25, 0.3) is 0 Å². The number of nitrogens with zero attached hydrogens (tertiary/aromatic N) is 1. The third-order valence-electron chi connectivity index (χ3n) is 3.48. The molecule has 1 unspecified atom stereocenters. The lowest BCUT2D eigenvalue weighted by Gasteiger charge is -2.33. The summed E-state index contributed by atoms with van der Waals surface area (Å²) in [6.45, 7) is 9.23. The van der Waals surface area contributed by atoms with E-state index < -0.39 is 8.46 Å². The van der Waals surface area contributed by atoms with E-state index in [1.165, 1.54) is 10.4 Å². The monoisotopic (exact) mass is 314 g/mol. The number of benzene rings is 2. The first kappa shape index (κ1) is 16.4. The highest BCUT2D eigenvalue weighted by molar-refractivity contribution is 7.79. The van der Waals surface area contributed by atoms with Crippen LogP contribution in [0.2, 0.25) is 0 Å². The molecule has 0 aliphatic heterocycles. The van der Waals surface area contributed by atoms with Crippen LogP contribution in [0.4, 0.5) is 0 Å². The minimum Gasteiger partial charge on any atom is -0.283 e. The van der Waals surface area contributed by atoms with Gasteiger partial charge in [0.1, 0.15) is 0 Å². The Kier molecular flexibility index (Phi) is 6.17. The highest BCUT2D eigenvalue weighted by atomic mass is 31.3. The second kappa shape index (κ2) is 7.89. The third kappa shape index (κ3) is 4.51. The molecule has 1 nitrogen and oxygen atoms in total. The van der Waals surface area contributed by atoms with Gasteiger partial charge in [0, 0.05) is 12.1 Å². The second-order valence-corrected chi connectivity index (χ2v) is 10.6. The van der Waals surface area contributed by atoms with Gasteiger partial charge in [0.2, 0.25) is 0 Å². The Morgan fingerprint density at radius 1 is 0.714 bits per heavy atom. The molecule has 0 heterocycles. The average molecular weight is 314 g/mol. The predicted octanol–water partition coefficient (Wildman–Crippen LogP) is 3.50. The molecular weight excluding hydrogens is 289 g/mol. The molecule has 0 saturated carbocycles. The number of rotatable bonds is 6. The van der Waals surface area contributed by atoms with Crippen LogP contribution in [0.25, 0.3) is 0 Å². The first-order valence-electron chi connectivity index (χ1n) is 7.62. The van der Waals surface area contributed by atoms with Crippen molar-refractivity contribution in [1.82, 2.24) is 4.67 Å². The van der Waals surface area contributed by atoms with Gasteiger partial charge in [-0.15, -0.1) is 0 Å². The smallest absolute Gasteiger partial charge is 0.163 e. The van der Waals surface area contributed by atoms with Crippen molar-refractivity contribution in [3.05, 3.63) is 60.7 Å². The van der Waals surface area contributed by atoms with Crippen molar-refractivity contribution in [2.75, 3.05) is 0 Å². The fraction of sp³-hybridized carbons (Fsp3) is 0.333. The average Bonchev–Trinajstić information content (AvgIpc) is 2.49. The molecular formula is C18H25NPSi. The fourth-order valence-electron chi connectivity index (χ4n) is 2.49. The Morgan fingerprint density at radius 2 is 1.10 bits per heavy atom. The van der Waals surface area contributed by atoms with Crippen LogP contribution in [0.1, 0.15) is 27.7 Å². The van der Waals surface area contributed by atoms with Gasteiger partial charge in [-0.2, -0.15) is 0 Å². The topological polar surface area (TPSA) is 3.24 Å². The molecule has 21 heavy (non-hydrogen) atoms. The maximum atomic E-state index is 2.65. The molecule has 2 rings (SSSR count). The molecule has 0 amide bonds. The Balaban J connectivity index is 2.33. The van der Waals surface area contributed by atoms with Crippen LogP contribution in [-0.4, -0.2) is 25.2 Å². The zero-order valence-electron chi connectivity index (χ0n) is 13.4. The van der Waals surface area contributed by atoms with E-state index in [-0.39, 0.29) is 0 Å². The van der Waals surface area contributed by atoms with Crippen LogP contribution in [-0.2, 0) is 0 Å². The zero-order chi connectivity index (χ0) is 15.2. The van der Waals surface area contributed by atoms with Gasteiger partial charge in [-0.25, -0.2) is 0 Å². The Morgan fingerprint density at radius 3 is 1.43 bits per heavy atom. The molecule has 0 fully saturated rings. The molecule has 0 spiro atoms. The normalized spacial score (nSPS) is 12.4. The predicted molar refractivity (Wildman–Crippen MR) is 98.3 cm³/mol. The van der Waals surface area contributed by atoms with Gasteiger partial charge in [-0.3, -0.25) is 4.67 Å². The van der Waals surface area contributed by atoms with Gasteiger partial charge in [-0.1, -0.05) is 68.9 Å². The molecule has 111 valence electrons. The van der Waals surface area contributed by atoms with Crippen LogP contribution >= 0.6 is 8.28 Å². The lowest BCUT2D eigenvalue weighted by Crippen LogP contribution is -2.43. The minimum absolute atomic E-state index is 0.593. The first-order chi connectivity index (χ1) is 10.1. The standard InChI is InChI=1S/C18H25NPSi/c1-15(2)19(16(3)4)20-21(17-11-7-5-8-12-17)18-13-9-6-10-14-18/h5-16,20H,1-4H3. The Labute approximate surface area is 132 Å².